The third kappa shape index (κ3) is 2.62. The minimum absolute atomic E-state index is 0.319. The first kappa shape index (κ1) is 12.4. The van der Waals surface area contributed by atoms with Gasteiger partial charge in [-0.1, -0.05) is 6.07 Å². The molecule has 0 atom stereocenters. The van der Waals surface area contributed by atoms with Crippen LogP contribution < -0.4 is 5.73 Å². The summed E-state index contributed by atoms with van der Waals surface area (Å²) in [6.07, 6.45) is 1.39. The van der Waals surface area contributed by atoms with Gasteiger partial charge >= 0.3 is 5.97 Å². The van der Waals surface area contributed by atoms with Crippen molar-refractivity contribution >= 4 is 23.4 Å². The molecule has 3 N–H and O–H groups in total. The molecule has 0 spiro atoms. The maximum atomic E-state index is 11.8. The van der Waals surface area contributed by atoms with Gasteiger partial charge in [-0.15, -0.1) is 0 Å². The van der Waals surface area contributed by atoms with E-state index < -0.39 is 5.97 Å². The van der Waals surface area contributed by atoms with Crippen LogP contribution in [0.1, 0.15) is 17.3 Å². The van der Waals surface area contributed by atoms with Crippen molar-refractivity contribution in [2.75, 3.05) is 12.3 Å². The number of nitrogens with zero attached hydrogens (tertiary/aromatic N) is 2. The van der Waals surface area contributed by atoms with Crippen molar-refractivity contribution in [3.05, 3.63) is 30.1 Å². The summed E-state index contributed by atoms with van der Waals surface area (Å²) in [5.41, 5.74) is 6.81. The molecule has 0 fully saturated rings. The predicted octanol–water partition coefficient (Wildman–Crippen LogP) is 1.71. The Labute approximate surface area is 108 Å². The molecule has 0 saturated heterocycles. The highest BCUT2D eigenvalue weighted by Crippen LogP contribution is 2.33. The van der Waals surface area contributed by atoms with Crippen LogP contribution in [0.4, 0.5) is 5.69 Å². The van der Waals surface area contributed by atoms with E-state index in [1.54, 1.807) is 25.1 Å². The Morgan fingerprint density at radius 2 is 2.39 bits per heavy atom. The van der Waals surface area contributed by atoms with Gasteiger partial charge in [0.25, 0.3) is 0 Å². The normalized spacial score (nSPS) is 10.3. The molecule has 0 aliphatic heterocycles. The Bertz CT molecular complexity index is 542. The van der Waals surface area contributed by atoms with Gasteiger partial charge in [0.15, 0.2) is 5.16 Å². The molecule has 0 saturated carbocycles. The van der Waals surface area contributed by atoms with Crippen molar-refractivity contribution in [2.45, 2.75) is 17.0 Å². The number of carbonyl (C=O) groups is 1. The van der Waals surface area contributed by atoms with Crippen molar-refractivity contribution in [3.63, 3.8) is 0 Å². The minimum Gasteiger partial charge on any atom is -0.462 e. The first-order valence-corrected chi connectivity index (χ1v) is 6.13. The van der Waals surface area contributed by atoms with Crippen molar-refractivity contribution in [2.24, 2.45) is 0 Å². The maximum Gasteiger partial charge on any atom is 0.339 e. The maximum absolute atomic E-state index is 11.8. The first-order chi connectivity index (χ1) is 8.72. The second-order valence-corrected chi connectivity index (χ2v) is 4.34. The molecule has 6 nitrogen and oxygen atoms in total. The van der Waals surface area contributed by atoms with E-state index in [0.717, 1.165) is 0 Å². The molecule has 0 aliphatic rings. The number of benzene rings is 1. The van der Waals surface area contributed by atoms with Crippen LogP contribution in [0.25, 0.3) is 0 Å². The van der Waals surface area contributed by atoms with Crippen LogP contribution in [0.15, 0.2) is 34.6 Å². The number of anilines is 1. The molecule has 1 heterocycles. The Balaban J connectivity index is 2.35. The van der Waals surface area contributed by atoms with Crippen LogP contribution in [0.3, 0.4) is 0 Å². The van der Waals surface area contributed by atoms with Gasteiger partial charge in [-0.05, 0) is 30.8 Å². The molecular formula is C11H12N4O2S. The lowest BCUT2D eigenvalue weighted by molar-refractivity contribution is 0.0522. The van der Waals surface area contributed by atoms with Crippen LogP contribution in [0.5, 0.6) is 0 Å². The Hall–Kier alpha value is -2.02. The van der Waals surface area contributed by atoms with Gasteiger partial charge in [0, 0.05) is 5.69 Å². The third-order valence-electron chi connectivity index (χ3n) is 2.13. The van der Waals surface area contributed by atoms with Crippen LogP contribution in [-0.4, -0.2) is 27.8 Å². The summed E-state index contributed by atoms with van der Waals surface area (Å²) >= 11 is 1.25. The van der Waals surface area contributed by atoms with Crippen molar-refractivity contribution in [3.8, 4) is 0 Å². The SMILES string of the molecule is CCOC(=O)c1cccc(N)c1Sc1ncn[nH]1. The van der Waals surface area contributed by atoms with E-state index in [1.807, 2.05) is 0 Å². The zero-order valence-electron chi connectivity index (χ0n) is 9.71. The fraction of sp³-hybridized carbons (Fsp3) is 0.182. The molecule has 0 bridgehead atoms. The van der Waals surface area contributed by atoms with Gasteiger partial charge in [-0.3, -0.25) is 5.10 Å². The minimum atomic E-state index is -0.396. The molecule has 2 rings (SSSR count). The second-order valence-electron chi connectivity index (χ2n) is 3.34. The highest BCUT2D eigenvalue weighted by molar-refractivity contribution is 7.99. The number of nitrogen functional groups attached to an aromatic ring is 1. The molecule has 94 valence electrons. The summed E-state index contributed by atoms with van der Waals surface area (Å²) in [5.74, 6) is -0.396. The Kier molecular flexibility index (Phi) is 3.83. The number of aromatic nitrogens is 3. The van der Waals surface area contributed by atoms with Crippen LogP contribution in [-0.2, 0) is 4.74 Å². The van der Waals surface area contributed by atoms with Crippen molar-refractivity contribution in [1.82, 2.24) is 15.2 Å². The highest BCUT2D eigenvalue weighted by Gasteiger charge is 2.16. The number of esters is 1. The van der Waals surface area contributed by atoms with E-state index in [9.17, 15) is 4.79 Å². The number of H-pyrrole nitrogens is 1. The van der Waals surface area contributed by atoms with E-state index >= 15 is 0 Å². The van der Waals surface area contributed by atoms with E-state index in [1.165, 1.54) is 18.1 Å². The summed E-state index contributed by atoms with van der Waals surface area (Å²) in [4.78, 5) is 16.4. The number of ether oxygens (including phenoxy) is 1. The predicted molar refractivity (Wildman–Crippen MR) is 67.3 cm³/mol. The van der Waals surface area contributed by atoms with Gasteiger partial charge in [0.05, 0.1) is 17.1 Å². The molecular weight excluding hydrogens is 252 g/mol. The topological polar surface area (TPSA) is 93.9 Å². The average Bonchev–Trinajstić information content (AvgIpc) is 2.85. The molecule has 7 heteroatoms. The van der Waals surface area contributed by atoms with Crippen LogP contribution >= 0.6 is 11.8 Å². The largest absolute Gasteiger partial charge is 0.462 e. The summed E-state index contributed by atoms with van der Waals surface area (Å²) in [7, 11) is 0. The molecule has 18 heavy (non-hydrogen) atoms. The van der Waals surface area contributed by atoms with Gasteiger partial charge in [0.2, 0.25) is 0 Å². The molecule has 0 amide bonds. The van der Waals surface area contributed by atoms with Crippen molar-refractivity contribution in [1.29, 1.82) is 0 Å². The fourth-order valence-corrected chi connectivity index (χ4v) is 2.22. The zero-order valence-corrected chi connectivity index (χ0v) is 10.5. The van der Waals surface area contributed by atoms with Gasteiger partial charge in [-0.2, -0.15) is 5.10 Å². The number of hydrogen-bond donors (Lipinski definition) is 2. The quantitative estimate of drug-likeness (QED) is 0.645. The number of aromatic amines is 1. The van der Waals surface area contributed by atoms with Gasteiger partial charge < -0.3 is 10.5 Å². The smallest absolute Gasteiger partial charge is 0.339 e. The Morgan fingerprint density at radius 3 is 3.06 bits per heavy atom. The standard InChI is InChI=1S/C11H12N4O2S/c1-2-17-10(16)7-4-3-5-8(12)9(7)18-11-13-6-14-15-11/h3-6H,2,12H2,1H3,(H,13,14,15). The van der Waals surface area contributed by atoms with E-state index in [2.05, 4.69) is 15.2 Å². The molecule has 1 aromatic carbocycles. The van der Waals surface area contributed by atoms with E-state index in [0.29, 0.717) is 27.9 Å². The summed E-state index contributed by atoms with van der Waals surface area (Å²) < 4.78 is 4.99. The number of hydrogen-bond acceptors (Lipinski definition) is 6. The monoisotopic (exact) mass is 264 g/mol. The number of nitrogens with one attached hydrogen (secondary N) is 1. The lowest BCUT2D eigenvalue weighted by atomic mass is 10.2. The third-order valence-corrected chi connectivity index (χ3v) is 3.18. The number of rotatable bonds is 4. The highest BCUT2D eigenvalue weighted by atomic mass is 32.2. The van der Waals surface area contributed by atoms with Crippen LogP contribution in [0.2, 0.25) is 0 Å². The van der Waals surface area contributed by atoms with Gasteiger partial charge in [0.1, 0.15) is 6.33 Å². The lowest BCUT2D eigenvalue weighted by Gasteiger charge is -2.09. The first-order valence-electron chi connectivity index (χ1n) is 5.31. The fourth-order valence-electron chi connectivity index (χ4n) is 1.38. The van der Waals surface area contributed by atoms with E-state index in [-0.39, 0.29) is 0 Å². The molecule has 2 aromatic rings. The molecule has 1 aromatic heterocycles. The molecule has 0 unspecified atom stereocenters. The number of carbonyl (C=O) groups excluding carboxylic acids is 1. The summed E-state index contributed by atoms with van der Waals surface area (Å²) in [6, 6.07) is 5.11. The average molecular weight is 264 g/mol. The van der Waals surface area contributed by atoms with E-state index in [4.69, 9.17) is 10.5 Å². The number of nitrogens with two attached hydrogens (primary N) is 1. The van der Waals surface area contributed by atoms with Crippen molar-refractivity contribution < 1.29 is 9.53 Å². The Morgan fingerprint density at radius 1 is 1.56 bits per heavy atom. The molecule has 0 aliphatic carbocycles. The summed E-state index contributed by atoms with van der Waals surface area (Å²) in [6.45, 7) is 2.08. The zero-order chi connectivity index (χ0) is 13.0. The second kappa shape index (κ2) is 5.54. The summed E-state index contributed by atoms with van der Waals surface area (Å²) in [5, 5.41) is 7.02. The van der Waals surface area contributed by atoms with Gasteiger partial charge in [-0.25, -0.2) is 9.78 Å². The van der Waals surface area contributed by atoms with Crippen LogP contribution in [0, 0.1) is 0 Å². The molecule has 0 radical (unpaired) electrons. The lowest BCUT2D eigenvalue weighted by Crippen LogP contribution is -2.07.